The Labute approximate surface area is 122 Å². The Morgan fingerprint density at radius 3 is 2.70 bits per heavy atom. The number of thiazole rings is 1. The molecule has 2 N–H and O–H groups in total. The van der Waals surface area contributed by atoms with Gasteiger partial charge in [-0.25, -0.2) is 9.37 Å². The molecule has 1 aliphatic carbocycles. The van der Waals surface area contributed by atoms with Gasteiger partial charge >= 0.3 is 0 Å². The first kappa shape index (κ1) is 13.6. The first-order chi connectivity index (χ1) is 9.57. The molecule has 0 radical (unpaired) electrons. The van der Waals surface area contributed by atoms with E-state index in [0.717, 1.165) is 42.3 Å². The molecular weight excluding hydrogens is 273 g/mol. The van der Waals surface area contributed by atoms with E-state index in [1.807, 2.05) is 5.38 Å². The maximum atomic E-state index is 12.9. The number of pyridine rings is 1. The fourth-order valence-electron chi connectivity index (χ4n) is 2.64. The third kappa shape index (κ3) is 2.60. The van der Waals surface area contributed by atoms with E-state index in [-0.39, 0.29) is 11.4 Å². The summed E-state index contributed by atoms with van der Waals surface area (Å²) in [6.07, 6.45) is 5.49. The lowest BCUT2D eigenvalue weighted by molar-refractivity contribution is 0.247. The van der Waals surface area contributed by atoms with Gasteiger partial charge in [-0.05, 0) is 43.7 Å². The molecule has 0 bridgehead atoms. The third-order valence-corrected chi connectivity index (χ3v) is 5.15. The maximum Gasteiger partial charge on any atom is 0.141 e. The average molecular weight is 291 g/mol. The number of nitrogens with zero attached hydrogens (tertiary/aromatic N) is 2. The molecule has 0 aromatic carbocycles. The molecule has 2 aromatic heterocycles. The summed E-state index contributed by atoms with van der Waals surface area (Å²) in [7, 11) is 0. The van der Waals surface area contributed by atoms with E-state index in [4.69, 9.17) is 5.73 Å². The van der Waals surface area contributed by atoms with Crippen LogP contribution in [0.25, 0.3) is 11.4 Å². The van der Waals surface area contributed by atoms with E-state index in [9.17, 15) is 4.39 Å². The zero-order chi connectivity index (χ0) is 14.2. The second-order valence-corrected chi connectivity index (χ2v) is 6.60. The molecule has 0 amide bonds. The Bertz CT molecular complexity index is 585. The highest BCUT2D eigenvalue weighted by Gasteiger charge is 2.34. The van der Waals surface area contributed by atoms with Crippen LogP contribution in [0.5, 0.6) is 0 Å². The average Bonchev–Trinajstić information content (AvgIpc) is 2.94. The van der Waals surface area contributed by atoms with Crippen molar-refractivity contribution in [3.8, 4) is 11.4 Å². The van der Waals surface area contributed by atoms with E-state index in [1.54, 1.807) is 17.4 Å². The van der Waals surface area contributed by atoms with Gasteiger partial charge in [0.25, 0.3) is 0 Å². The Hall–Kier alpha value is -1.33. The minimum atomic E-state index is -0.333. The minimum absolute atomic E-state index is 0.296. The van der Waals surface area contributed by atoms with Gasteiger partial charge in [0.2, 0.25) is 0 Å². The van der Waals surface area contributed by atoms with E-state index in [0.29, 0.717) is 5.69 Å². The highest BCUT2D eigenvalue weighted by molar-refractivity contribution is 7.10. The molecule has 1 fully saturated rings. The molecule has 2 aromatic rings. The molecule has 5 heteroatoms. The van der Waals surface area contributed by atoms with Crippen molar-refractivity contribution in [3.63, 3.8) is 0 Å². The number of halogens is 1. The molecule has 0 atom stereocenters. The van der Waals surface area contributed by atoms with Crippen LogP contribution in [0.2, 0.25) is 0 Å². The number of hydrogen-bond donors (Lipinski definition) is 1. The van der Waals surface area contributed by atoms with Crippen LogP contribution in [0.15, 0.2) is 23.7 Å². The molecular formula is C15H18FN3S. The van der Waals surface area contributed by atoms with Gasteiger partial charge in [0.15, 0.2) is 0 Å². The smallest absolute Gasteiger partial charge is 0.141 e. The summed E-state index contributed by atoms with van der Waals surface area (Å²) in [6.45, 7) is 2.27. The highest BCUT2D eigenvalue weighted by atomic mass is 32.1. The van der Waals surface area contributed by atoms with Crippen molar-refractivity contribution in [2.24, 2.45) is 11.7 Å². The van der Waals surface area contributed by atoms with Crippen molar-refractivity contribution in [1.82, 2.24) is 9.97 Å². The first-order valence-corrected chi connectivity index (χ1v) is 7.82. The van der Waals surface area contributed by atoms with E-state index < -0.39 is 0 Å². The van der Waals surface area contributed by atoms with Gasteiger partial charge in [0.05, 0.1) is 23.1 Å². The van der Waals surface area contributed by atoms with Crippen LogP contribution < -0.4 is 5.73 Å². The van der Waals surface area contributed by atoms with Gasteiger partial charge in [0, 0.05) is 5.38 Å². The van der Waals surface area contributed by atoms with Crippen LogP contribution in [0.3, 0.4) is 0 Å². The second kappa shape index (κ2) is 5.22. The maximum absolute atomic E-state index is 12.9. The SMILES string of the molecule is CC1CCC(N)(c2nc(-c3ccc(F)cn3)cs2)CC1. The van der Waals surface area contributed by atoms with Crippen LogP contribution >= 0.6 is 11.3 Å². The zero-order valence-corrected chi connectivity index (χ0v) is 12.3. The van der Waals surface area contributed by atoms with Gasteiger partial charge in [-0.1, -0.05) is 6.92 Å². The summed E-state index contributed by atoms with van der Waals surface area (Å²) in [5, 5.41) is 2.94. The van der Waals surface area contributed by atoms with Crippen molar-refractivity contribution in [2.75, 3.05) is 0 Å². The summed E-state index contributed by atoms with van der Waals surface area (Å²) in [6, 6.07) is 3.06. The van der Waals surface area contributed by atoms with Crippen LogP contribution in [-0.2, 0) is 5.54 Å². The molecule has 3 nitrogen and oxygen atoms in total. The molecule has 0 aliphatic heterocycles. The van der Waals surface area contributed by atoms with Gasteiger partial charge in [-0.15, -0.1) is 11.3 Å². The molecule has 0 saturated heterocycles. The number of aromatic nitrogens is 2. The van der Waals surface area contributed by atoms with Gasteiger partial charge in [-0.3, -0.25) is 4.98 Å². The summed E-state index contributed by atoms with van der Waals surface area (Å²) in [4.78, 5) is 8.71. The minimum Gasteiger partial charge on any atom is -0.319 e. The van der Waals surface area contributed by atoms with Crippen LogP contribution in [0.1, 0.15) is 37.6 Å². The monoisotopic (exact) mass is 291 g/mol. The summed E-state index contributed by atoms with van der Waals surface area (Å²) >= 11 is 1.59. The van der Waals surface area contributed by atoms with Crippen molar-refractivity contribution >= 4 is 11.3 Å². The van der Waals surface area contributed by atoms with Gasteiger partial charge in [-0.2, -0.15) is 0 Å². The van der Waals surface area contributed by atoms with Crippen molar-refractivity contribution < 1.29 is 4.39 Å². The quantitative estimate of drug-likeness (QED) is 0.917. The largest absolute Gasteiger partial charge is 0.319 e. The second-order valence-electron chi connectivity index (χ2n) is 5.74. The third-order valence-electron chi connectivity index (χ3n) is 4.09. The van der Waals surface area contributed by atoms with E-state index in [1.165, 1.54) is 12.3 Å². The molecule has 1 aliphatic rings. The summed E-state index contributed by atoms with van der Waals surface area (Å²) in [5.74, 6) is 0.422. The normalized spacial score (nSPS) is 26.6. The summed E-state index contributed by atoms with van der Waals surface area (Å²) < 4.78 is 12.9. The number of hydrogen-bond acceptors (Lipinski definition) is 4. The molecule has 0 spiro atoms. The first-order valence-electron chi connectivity index (χ1n) is 6.94. The number of nitrogens with two attached hydrogens (primary N) is 1. The fourth-order valence-corrected chi connectivity index (χ4v) is 3.63. The molecule has 3 rings (SSSR count). The molecule has 20 heavy (non-hydrogen) atoms. The Kier molecular flexibility index (Phi) is 3.56. The lowest BCUT2D eigenvalue weighted by atomic mass is 9.78. The van der Waals surface area contributed by atoms with E-state index >= 15 is 0 Å². The Morgan fingerprint density at radius 1 is 1.30 bits per heavy atom. The van der Waals surface area contributed by atoms with Crippen molar-refractivity contribution in [3.05, 3.63) is 34.5 Å². The molecule has 106 valence electrons. The predicted octanol–water partition coefficient (Wildman–Crippen LogP) is 3.71. The molecule has 2 heterocycles. The lowest BCUT2D eigenvalue weighted by Crippen LogP contribution is -2.40. The molecule has 0 unspecified atom stereocenters. The highest BCUT2D eigenvalue weighted by Crippen LogP contribution is 2.39. The van der Waals surface area contributed by atoms with Crippen LogP contribution in [-0.4, -0.2) is 9.97 Å². The summed E-state index contributed by atoms with van der Waals surface area (Å²) in [5.41, 5.74) is 7.71. The predicted molar refractivity (Wildman–Crippen MR) is 78.8 cm³/mol. The van der Waals surface area contributed by atoms with Gasteiger partial charge < -0.3 is 5.73 Å². The lowest BCUT2D eigenvalue weighted by Gasteiger charge is -2.34. The van der Waals surface area contributed by atoms with Crippen molar-refractivity contribution in [2.45, 2.75) is 38.1 Å². The molecule has 1 saturated carbocycles. The van der Waals surface area contributed by atoms with Gasteiger partial charge in [0.1, 0.15) is 10.8 Å². The Morgan fingerprint density at radius 2 is 2.05 bits per heavy atom. The zero-order valence-electron chi connectivity index (χ0n) is 11.5. The Balaban J connectivity index is 1.85. The van der Waals surface area contributed by atoms with Crippen LogP contribution in [0.4, 0.5) is 4.39 Å². The topological polar surface area (TPSA) is 51.8 Å². The number of rotatable bonds is 2. The standard InChI is InChI=1S/C15H18FN3S/c1-10-4-6-15(17,7-5-10)14-19-13(9-20-14)12-3-2-11(16)8-18-12/h2-3,8-10H,4-7,17H2,1H3. The van der Waals surface area contributed by atoms with Crippen LogP contribution in [0, 0.1) is 11.7 Å². The van der Waals surface area contributed by atoms with Crippen molar-refractivity contribution in [1.29, 1.82) is 0 Å². The van der Waals surface area contributed by atoms with E-state index in [2.05, 4.69) is 16.9 Å². The fraction of sp³-hybridized carbons (Fsp3) is 0.467.